The molecule has 0 saturated carbocycles. The second kappa shape index (κ2) is 10.2. The maximum Gasteiger partial charge on any atom is 0.0641 e. The van der Waals surface area contributed by atoms with E-state index in [1.165, 1.54) is 110 Å². The van der Waals surface area contributed by atoms with Crippen molar-refractivity contribution in [1.29, 1.82) is 0 Å². The molecule has 0 amide bonds. The van der Waals surface area contributed by atoms with E-state index in [9.17, 15) is 0 Å². The lowest BCUT2D eigenvalue weighted by Crippen LogP contribution is -2.15. The summed E-state index contributed by atoms with van der Waals surface area (Å²) in [6, 6.07) is 63.4. The molecule has 2 nitrogen and oxygen atoms in total. The Bertz CT molecular complexity index is 3330. The minimum Gasteiger partial charge on any atom is -0.309 e. The van der Waals surface area contributed by atoms with Gasteiger partial charge in [-0.15, -0.1) is 0 Å². The molecule has 0 aliphatic heterocycles. The van der Waals surface area contributed by atoms with E-state index in [0.717, 1.165) is 0 Å². The smallest absolute Gasteiger partial charge is 0.0641 e. The summed E-state index contributed by atoms with van der Waals surface area (Å²) in [5.41, 5.74) is 12.7. The van der Waals surface area contributed by atoms with Crippen LogP contribution in [0.25, 0.3) is 98.4 Å². The third-order valence-corrected chi connectivity index (χ3v) is 12.3. The Labute approximate surface area is 306 Å². The third-order valence-electron chi connectivity index (χ3n) is 12.3. The second-order valence-corrected chi connectivity index (χ2v) is 15.3. The van der Waals surface area contributed by atoms with Gasteiger partial charge in [0.25, 0.3) is 0 Å². The average molecular weight is 675 g/mol. The number of para-hydroxylation sites is 2. The van der Waals surface area contributed by atoms with Crippen LogP contribution in [0.3, 0.4) is 0 Å². The number of aromatic nitrogens is 2. The second-order valence-electron chi connectivity index (χ2n) is 15.3. The first-order valence-corrected chi connectivity index (χ1v) is 18.6. The first kappa shape index (κ1) is 29.0. The Morgan fingerprint density at radius 1 is 0.340 bits per heavy atom. The molecular formula is C51H34N2. The van der Waals surface area contributed by atoms with Crippen LogP contribution >= 0.6 is 0 Å². The molecule has 12 rings (SSSR count). The lowest BCUT2D eigenvalue weighted by Gasteiger charge is -2.22. The van der Waals surface area contributed by atoms with Gasteiger partial charge in [0.05, 0.1) is 22.1 Å². The Balaban J connectivity index is 1.19. The van der Waals surface area contributed by atoms with Crippen LogP contribution in [0.4, 0.5) is 0 Å². The predicted octanol–water partition coefficient (Wildman–Crippen LogP) is 13.6. The van der Waals surface area contributed by atoms with Gasteiger partial charge in [0.2, 0.25) is 0 Å². The number of rotatable bonds is 2. The van der Waals surface area contributed by atoms with Gasteiger partial charge in [-0.05, 0) is 97.0 Å². The van der Waals surface area contributed by atoms with Crippen LogP contribution in [0.1, 0.15) is 25.0 Å². The van der Waals surface area contributed by atoms with E-state index < -0.39 is 0 Å². The number of benzene rings is 9. The van der Waals surface area contributed by atoms with Crippen molar-refractivity contribution in [2.24, 2.45) is 0 Å². The molecule has 2 heterocycles. The van der Waals surface area contributed by atoms with E-state index in [1.54, 1.807) is 0 Å². The van der Waals surface area contributed by atoms with Gasteiger partial charge >= 0.3 is 0 Å². The molecule has 9 aromatic carbocycles. The molecule has 0 bridgehead atoms. The highest BCUT2D eigenvalue weighted by molar-refractivity contribution is 6.28. The summed E-state index contributed by atoms with van der Waals surface area (Å²) in [4.78, 5) is 0. The van der Waals surface area contributed by atoms with E-state index in [2.05, 4.69) is 193 Å². The first-order chi connectivity index (χ1) is 26.1. The minimum atomic E-state index is -0.0774. The molecule has 1 aliphatic rings. The average Bonchev–Trinajstić information content (AvgIpc) is 3.81. The molecular weight excluding hydrogens is 641 g/mol. The molecule has 0 saturated heterocycles. The van der Waals surface area contributed by atoms with Crippen LogP contribution in [0, 0.1) is 0 Å². The van der Waals surface area contributed by atoms with Crippen molar-refractivity contribution in [3.8, 4) is 22.5 Å². The molecule has 0 radical (unpaired) electrons. The Hall–Kier alpha value is -6.64. The van der Waals surface area contributed by atoms with Gasteiger partial charge in [0.1, 0.15) is 0 Å². The van der Waals surface area contributed by atoms with Gasteiger partial charge in [-0.2, -0.15) is 0 Å². The molecule has 0 N–H and O–H groups in total. The highest BCUT2D eigenvalue weighted by atomic mass is 15.0. The van der Waals surface area contributed by atoms with Crippen LogP contribution in [0.2, 0.25) is 0 Å². The molecule has 2 aromatic heterocycles. The van der Waals surface area contributed by atoms with Gasteiger partial charge in [0, 0.05) is 38.3 Å². The topological polar surface area (TPSA) is 9.86 Å². The summed E-state index contributed by atoms with van der Waals surface area (Å²) in [5, 5.41) is 12.8. The van der Waals surface area contributed by atoms with E-state index in [4.69, 9.17) is 0 Å². The fraction of sp³-hybridized carbons (Fsp3) is 0.0588. The maximum absolute atomic E-state index is 2.52. The van der Waals surface area contributed by atoms with Crippen LogP contribution in [0.5, 0.6) is 0 Å². The van der Waals surface area contributed by atoms with Crippen molar-refractivity contribution < 1.29 is 0 Å². The van der Waals surface area contributed by atoms with Crippen LogP contribution in [0.15, 0.2) is 170 Å². The number of fused-ring (bicyclic) bond motifs is 16. The van der Waals surface area contributed by atoms with Crippen molar-refractivity contribution >= 4 is 75.9 Å². The fourth-order valence-electron chi connectivity index (χ4n) is 9.92. The summed E-state index contributed by atoms with van der Waals surface area (Å²) >= 11 is 0. The molecule has 1 aliphatic carbocycles. The molecule has 11 aromatic rings. The molecule has 2 heteroatoms. The van der Waals surface area contributed by atoms with Gasteiger partial charge in [0.15, 0.2) is 0 Å². The summed E-state index contributed by atoms with van der Waals surface area (Å²) in [7, 11) is 0. The minimum absolute atomic E-state index is 0.0774. The number of hydrogen-bond donors (Lipinski definition) is 0. The van der Waals surface area contributed by atoms with Gasteiger partial charge < -0.3 is 9.13 Å². The fourth-order valence-corrected chi connectivity index (χ4v) is 9.92. The molecule has 248 valence electrons. The van der Waals surface area contributed by atoms with E-state index in [1.807, 2.05) is 0 Å². The lowest BCUT2D eigenvalue weighted by atomic mass is 9.82. The summed E-state index contributed by atoms with van der Waals surface area (Å²) in [5.74, 6) is 0. The van der Waals surface area contributed by atoms with Crippen molar-refractivity contribution in [2.45, 2.75) is 19.3 Å². The number of hydrogen-bond acceptors (Lipinski definition) is 0. The Morgan fingerprint density at radius 3 is 1.58 bits per heavy atom. The lowest BCUT2D eigenvalue weighted by molar-refractivity contribution is 0.660. The van der Waals surface area contributed by atoms with Crippen molar-refractivity contribution in [3.63, 3.8) is 0 Å². The third kappa shape index (κ3) is 3.72. The highest BCUT2D eigenvalue weighted by Gasteiger charge is 2.35. The molecule has 0 spiro atoms. The molecule has 0 atom stereocenters. The summed E-state index contributed by atoms with van der Waals surface area (Å²) < 4.78 is 5.02. The van der Waals surface area contributed by atoms with Crippen LogP contribution in [-0.2, 0) is 5.41 Å². The number of nitrogens with zero attached hydrogens (tertiary/aromatic N) is 2. The summed E-state index contributed by atoms with van der Waals surface area (Å²) in [6.07, 6.45) is 0. The van der Waals surface area contributed by atoms with E-state index >= 15 is 0 Å². The zero-order chi connectivity index (χ0) is 35.0. The van der Waals surface area contributed by atoms with Crippen molar-refractivity contribution in [3.05, 3.63) is 181 Å². The van der Waals surface area contributed by atoms with Crippen molar-refractivity contribution in [2.75, 3.05) is 0 Å². The highest BCUT2D eigenvalue weighted by Crippen LogP contribution is 2.50. The Kier molecular flexibility index (Phi) is 5.60. The van der Waals surface area contributed by atoms with Gasteiger partial charge in [-0.1, -0.05) is 141 Å². The Morgan fingerprint density at radius 2 is 0.849 bits per heavy atom. The van der Waals surface area contributed by atoms with E-state index in [0.29, 0.717) is 0 Å². The quantitative estimate of drug-likeness (QED) is 0.162. The van der Waals surface area contributed by atoms with Gasteiger partial charge in [-0.3, -0.25) is 0 Å². The SMILES string of the molecule is CC1(C)c2ccccc2-c2ccc(-n3c4ccccc4c4c3ccc3c5ccccc5n(-c5ccc6c7ccccc7c7ccccc7c6c5)c34)cc21. The monoisotopic (exact) mass is 674 g/mol. The zero-order valence-electron chi connectivity index (χ0n) is 29.6. The largest absolute Gasteiger partial charge is 0.309 e. The predicted molar refractivity (Wildman–Crippen MR) is 225 cm³/mol. The van der Waals surface area contributed by atoms with Crippen molar-refractivity contribution in [1.82, 2.24) is 9.13 Å². The first-order valence-electron chi connectivity index (χ1n) is 18.6. The molecule has 0 unspecified atom stereocenters. The van der Waals surface area contributed by atoms with Crippen LogP contribution in [-0.4, -0.2) is 9.13 Å². The normalized spacial score (nSPS) is 13.6. The van der Waals surface area contributed by atoms with E-state index in [-0.39, 0.29) is 5.41 Å². The molecule has 53 heavy (non-hydrogen) atoms. The molecule has 0 fully saturated rings. The maximum atomic E-state index is 2.52. The zero-order valence-corrected chi connectivity index (χ0v) is 29.6. The van der Waals surface area contributed by atoms with Crippen LogP contribution < -0.4 is 0 Å². The standard InChI is InChI=1S/C51H34N2/c1-51(2)44-20-10-7-17-38(44)39-26-24-32(30-45(39)51)52-47-22-12-9-19-42(47)49-48(52)28-27-41-40-18-8-11-21-46(40)53(50(41)49)31-23-25-37-35-15-4-3-13-33(35)34-14-5-6-16-36(34)43(37)29-31/h3-30H,1-2H3. The summed E-state index contributed by atoms with van der Waals surface area (Å²) in [6.45, 7) is 4.73. The van der Waals surface area contributed by atoms with Gasteiger partial charge in [-0.25, -0.2) is 0 Å².